The quantitative estimate of drug-likeness (QED) is 0.943. The predicted molar refractivity (Wildman–Crippen MR) is 84.8 cm³/mol. The minimum Gasteiger partial charge on any atom is -0.481 e. The van der Waals surface area contributed by atoms with Gasteiger partial charge in [0.1, 0.15) is 0 Å². The fourth-order valence-electron chi connectivity index (χ4n) is 2.82. The number of hydrogen-bond donors (Lipinski definition) is 1. The van der Waals surface area contributed by atoms with Crippen molar-refractivity contribution in [2.24, 2.45) is 5.92 Å². The number of pyridine rings is 2. The second kappa shape index (κ2) is 6.13. The number of aromatic nitrogens is 2. The first-order chi connectivity index (χ1) is 10.6. The minimum absolute atomic E-state index is 0.212. The molecule has 0 aromatic carbocycles. The molecule has 0 amide bonds. The molecule has 0 radical (unpaired) electrons. The normalized spacial score (nSPS) is 15.8. The van der Waals surface area contributed by atoms with Crippen LogP contribution in [0.3, 0.4) is 0 Å². The number of carbonyl (C=O) groups is 1. The third kappa shape index (κ3) is 3.08. The zero-order valence-electron chi connectivity index (χ0n) is 12.6. The highest BCUT2D eigenvalue weighted by molar-refractivity contribution is 5.70. The molecule has 22 heavy (non-hydrogen) atoms. The number of hydrogen-bond acceptors (Lipinski definition) is 4. The van der Waals surface area contributed by atoms with Crippen molar-refractivity contribution in [3.8, 4) is 11.4 Å². The summed E-state index contributed by atoms with van der Waals surface area (Å²) in [6.45, 7) is 3.56. The lowest BCUT2D eigenvalue weighted by Crippen LogP contribution is -2.36. The summed E-state index contributed by atoms with van der Waals surface area (Å²) in [6.07, 6.45) is 4.96. The molecule has 3 rings (SSSR count). The van der Waals surface area contributed by atoms with Gasteiger partial charge in [-0.1, -0.05) is 0 Å². The highest BCUT2D eigenvalue weighted by Gasteiger charge is 2.24. The minimum atomic E-state index is -0.681. The lowest BCUT2D eigenvalue weighted by Gasteiger charge is -2.32. The Labute approximate surface area is 129 Å². The fraction of sp³-hybridized carbons (Fsp3) is 0.353. The van der Waals surface area contributed by atoms with E-state index in [9.17, 15) is 4.79 Å². The van der Waals surface area contributed by atoms with E-state index in [0.717, 1.165) is 35.7 Å². The van der Waals surface area contributed by atoms with Crippen molar-refractivity contribution in [1.29, 1.82) is 0 Å². The second-order valence-electron chi connectivity index (χ2n) is 5.72. The maximum absolute atomic E-state index is 11.0. The number of aryl methyl sites for hydroxylation is 1. The second-order valence-corrected chi connectivity index (χ2v) is 5.72. The molecule has 0 unspecified atom stereocenters. The molecule has 1 aliphatic rings. The van der Waals surface area contributed by atoms with Crippen LogP contribution in [0.4, 0.5) is 5.69 Å². The Morgan fingerprint density at radius 3 is 2.41 bits per heavy atom. The number of rotatable bonds is 3. The Kier molecular flexibility index (Phi) is 4.04. The standard InChI is InChI=1S/C17H19N3O2/c1-12-2-6-18-15(10-12)16-11-14(3-7-19-16)20-8-4-13(5-9-20)17(21)22/h2-3,6-7,10-11,13H,4-5,8-9H2,1H3,(H,21,22). The first kappa shape index (κ1) is 14.5. The fourth-order valence-corrected chi connectivity index (χ4v) is 2.82. The molecule has 5 heteroatoms. The summed E-state index contributed by atoms with van der Waals surface area (Å²) in [4.78, 5) is 22.0. The molecule has 5 nitrogen and oxygen atoms in total. The molecule has 1 fully saturated rings. The summed E-state index contributed by atoms with van der Waals surface area (Å²) in [6, 6.07) is 7.98. The zero-order chi connectivity index (χ0) is 15.5. The molecule has 1 N–H and O–H groups in total. The molecule has 2 aromatic heterocycles. The van der Waals surface area contributed by atoms with Gasteiger partial charge in [0, 0.05) is 31.2 Å². The number of carboxylic acid groups (broad SMARTS) is 1. The van der Waals surface area contributed by atoms with Gasteiger partial charge in [0.05, 0.1) is 17.3 Å². The molecule has 0 spiro atoms. The Morgan fingerprint density at radius 1 is 1.14 bits per heavy atom. The van der Waals surface area contributed by atoms with E-state index in [4.69, 9.17) is 5.11 Å². The van der Waals surface area contributed by atoms with Crippen LogP contribution in [0.2, 0.25) is 0 Å². The number of nitrogens with zero attached hydrogens (tertiary/aromatic N) is 3. The van der Waals surface area contributed by atoms with E-state index in [1.54, 1.807) is 12.4 Å². The van der Waals surface area contributed by atoms with E-state index in [1.165, 1.54) is 0 Å². The van der Waals surface area contributed by atoms with Gasteiger partial charge in [0.25, 0.3) is 0 Å². The molecule has 1 aliphatic heterocycles. The Morgan fingerprint density at radius 2 is 1.77 bits per heavy atom. The molecule has 0 atom stereocenters. The van der Waals surface area contributed by atoms with Gasteiger partial charge >= 0.3 is 5.97 Å². The number of anilines is 1. The lowest BCUT2D eigenvalue weighted by atomic mass is 9.97. The van der Waals surface area contributed by atoms with Gasteiger partial charge in [-0.25, -0.2) is 0 Å². The largest absolute Gasteiger partial charge is 0.481 e. The van der Waals surface area contributed by atoms with Crippen LogP contribution in [-0.2, 0) is 4.79 Å². The molecule has 0 aliphatic carbocycles. The van der Waals surface area contributed by atoms with Crippen LogP contribution in [0.15, 0.2) is 36.7 Å². The van der Waals surface area contributed by atoms with Crippen molar-refractivity contribution >= 4 is 11.7 Å². The molecule has 0 saturated carbocycles. The van der Waals surface area contributed by atoms with Crippen LogP contribution in [0, 0.1) is 12.8 Å². The first-order valence-electron chi connectivity index (χ1n) is 7.50. The van der Waals surface area contributed by atoms with Crippen molar-refractivity contribution in [2.75, 3.05) is 18.0 Å². The number of piperidine rings is 1. The van der Waals surface area contributed by atoms with Gasteiger partial charge < -0.3 is 10.0 Å². The van der Waals surface area contributed by atoms with Crippen LogP contribution in [0.25, 0.3) is 11.4 Å². The molecular formula is C17H19N3O2. The highest BCUT2D eigenvalue weighted by atomic mass is 16.4. The Bertz CT molecular complexity index is 679. The van der Waals surface area contributed by atoms with Gasteiger partial charge in [0.2, 0.25) is 0 Å². The summed E-state index contributed by atoms with van der Waals surface area (Å²) in [5.41, 5.74) is 3.94. The highest BCUT2D eigenvalue weighted by Crippen LogP contribution is 2.26. The molecule has 2 aromatic rings. The SMILES string of the molecule is Cc1ccnc(-c2cc(N3CCC(C(=O)O)CC3)ccn2)c1. The lowest BCUT2D eigenvalue weighted by molar-refractivity contribution is -0.142. The number of carboxylic acids is 1. The van der Waals surface area contributed by atoms with E-state index < -0.39 is 5.97 Å². The number of aliphatic carboxylic acids is 1. The molecule has 1 saturated heterocycles. The van der Waals surface area contributed by atoms with Crippen molar-refractivity contribution in [3.05, 3.63) is 42.2 Å². The first-order valence-corrected chi connectivity index (χ1v) is 7.50. The molecule has 114 valence electrons. The van der Waals surface area contributed by atoms with E-state index in [0.29, 0.717) is 12.8 Å². The molecule has 0 bridgehead atoms. The van der Waals surface area contributed by atoms with Crippen molar-refractivity contribution in [1.82, 2.24) is 9.97 Å². The van der Waals surface area contributed by atoms with Gasteiger partial charge in [-0.2, -0.15) is 0 Å². The van der Waals surface area contributed by atoms with Crippen molar-refractivity contribution in [3.63, 3.8) is 0 Å². The van der Waals surface area contributed by atoms with Crippen LogP contribution in [0.1, 0.15) is 18.4 Å². The van der Waals surface area contributed by atoms with E-state index in [1.807, 2.05) is 31.2 Å². The Hall–Kier alpha value is -2.43. The van der Waals surface area contributed by atoms with Crippen molar-refractivity contribution < 1.29 is 9.90 Å². The third-order valence-electron chi connectivity index (χ3n) is 4.13. The van der Waals surface area contributed by atoms with Crippen LogP contribution in [0.5, 0.6) is 0 Å². The topological polar surface area (TPSA) is 66.3 Å². The van der Waals surface area contributed by atoms with Crippen LogP contribution in [-0.4, -0.2) is 34.1 Å². The van der Waals surface area contributed by atoms with E-state index in [-0.39, 0.29) is 5.92 Å². The smallest absolute Gasteiger partial charge is 0.306 e. The van der Waals surface area contributed by atoms with Crippen molar-refractivity contribution in [2.45, 2.75) is 19.8 Å². The van der Waals surface area contributed by atoms with Crippen LogP contribution < -0.4 is 4.90 Å². The third-order valence-corrected chi connectivity index (χ3v) is 4.13. The molecular weight excluding hydrogens is 278 g/mol. The predicted octanol–water partition coefficient (Wildman–Crippen LogP) is 2.75. The maximum atomic E-state index is 11.0. The molecule has 3 heterocycles. The van der Waals surface area contributed by atoms with Gasteiger partial charge in [-0.3, -0.25) is 14.8 Å². The van der Waals surface area contributed by atoms with E-state index >= 15 is 0 Å². The van der Waals surface area contributed by atoms with E-state index in [2.05, 4.69) is 14.9 Å². The summed E-state index contributed by atoms with van der Waals surface area (Å²) in [5.74, 6) is -0.893. The van der Waals surface area contributed by atoms with Gasteiger partial charge in [0.15, 0.2) is 0 Å². The average molecular weight is 297 g/mol. The maximum Gasteiger partial charge on any atom is 0.306 e. The van der Waals surface area contributed by atoms with Gasteiger partial charge in [-0.15, -0.1) is 0 Å². The summed E-state index contributed by atoms with van der Waals surface area (Å²) < 4.78 is 0. The Balaban J connectivity index is 1.79. The zero-order valence-corrected chi connectivity index (χ0v) is 12.6. The summed E-state index contributed by atoms with van der Waals surface area (Å²) >= 11 is 0. The monoisotopic (exact) mass is 297 g/mol. The van der Waals surface area contributed by atoms with Crippen LogP contribution >= 0.6 is 0 Å². The van der Waals surface area contributed by atoms with Gasteiger partial charge in [-0.05, 0) is 49.6 Å². The summed E-state index contributed by atoms with van der Waals surface area (Å²) in [7, 11) is 0. The average Bonchev–Trinajstić information content (AvgIpc) is 2.55. The summed E-state index contributed by atoms with van der Waals surface area (Å²) in [5, 5.41) is 9.08.